The van der Waals surface area contributed by atoms with Gasteiger partial charge in [0, 0.05) is 18.3 Å². The second-order valence-electron chi connectivity index (χ2n) is 13.8. The van der Waals surface area contributed by atoms with Crippen LogP contribution >= 0.6 is 0 Å². The molecule has 1 saturated heterocycles. The highest BCUT2D eigenvalue weighted by Crippen LogP contribution is 2.30. The summed E-state index contributed by atoms with van der Waals surface area (Å²) in [5, 5.41) is 7.67. The lowest BCUT2D eigenvalue weighted by molar-refractivity contribution is -0.0276. The van der Waals surface area contributed by atoms with Crippen LogP contribution in [0.2, 0.25) is 0 Å². The third-order valence-corrected chi connectivity index (χ3v) is 9.71. The van der Waals surface area contributed by atoms with Crippen molar-refractivity contribution in [2.24, 2.45) is 5.92 Å². The molecule has 1 aliphatic heterocycles. The van der Waals surface area contributed by atoms with Crippen LogP contribution in [0.1, 0.15) is 182 Å². The van der Waals surface area contributed by atoms with Crippen molar-refractivity contribution in [3.8, 4) is 0 Å². The quantitative estimate of drug-likeness (QED) is 0.0786. The van der Waals surface area contributed by atoms with E-state index in [1.807, 2.05) is 0 Å². The zero-order valence-electron chi connectivity index (χ0n) is 29.5. The molecular weight excluding hydrogens is 514 g/mol. The van der Waals surface area contributed by atoms with Crippen LogP contribution in [0.15, 0.2) is 12.3 Å². The van der Waals surface area contributed by atoms with Gasteiger partial charge in [0.1, 0.15) is 5.72 Å². The summed E-state index contributed by atoms with van der Waals surface area (Å²) >= 11 is 0. The summed E-state index contributed by atoms with van der Waals surface area (Å²) in [7, 11) is 2.23. The number of ether oxygens (including phenoxy) is 1. The van der Waals surface area contributed by atoms with E-state index in [-0.39, 0.29) is 5.72 Å². The molecule has 1 rings (SSSR count). The molecular formula is C38H77N3O. The standard InChI is InChI=1S/C38H77N3O/c1-7-11-14-15-18-23-29-38(40-37(34-42-38)28-32-41(6)10-4)30-24-19-16-17-20-25-31-39-35(5)33-36(26-21-12-8-2)27-22-13-9-3/h36-37,39-40H,5,7-34H2,1-4,6H3. The van der Waals surface area contributed by atoms with Crippen LogP contribution in [0.3, 0.4) is 0 Å². The van der Waals surface area contributed by atoms with Crippen LogP contribution in [-0.4, -0.2) is 50.0 Å². The topological polar surface area (TPSA) is 36.5 Å². The maximum atomic E-state index is 6.56. The lowest BCUT2D eigenvalue weighted by Gasteiger charge is -2.30. The lowest BCUT2D eigenvalue weighted by Crippen LogP contribution is -2.45. The average molecular weight is 592 g/mol. The number of nitrogens with one attached hydrogen (secondary N) is 2. The van der Waals surface area contributed by atoms with Gasteiger partial charge >= 0.3 is 0 Å². The Morgan fingerprint density at radius 2 is 1.31 bits per heavy atom. The Morgan fingerprint density at radius 3 is 1.88 bits per heavy atom. The van der Waals surface area contributed by atoms with Gasteiger partial charge in [-0.2, -0.15) is 0 Å². The molecule has 0 radical (unpaired) electrons. The molecule has 0 saturated carbocycles. The van der Waals surface area contributed by atoms with Crippen LogP contribution in [0, 0.1) is 5.92 Å². The normalized spacial score (nSPS) is 18.9. The van der Waals surface area contributed by atoms with Crippen LogP contribution in [0.5, 0.6) is 0 Å². The van der Waals surface area contributed by atoms with Gasteiger partial charge in [-0.05, 0) is 71.0 Å². The monoisotopic (exact) mass is 592 g/mol. The fraction of sp³-hybridized carbons (Fsp3) is 0.947. The molecule has 0 aromatic carbocycles. The number of rotatable bonds is 31. The van der Waals surface area contributed by atoms with E-state index >= 15 is 0 Å². The van der Waals surface area contributed by atoms with Gasteiger partial charge in [-0.15, -0.1) is 0 Å². The van der Waals surface area contributed by atoms with Gasteiger partial charge < -0.3 is 15.0 Å². The van der Waals surface area contributed by atoms with Gasteiger partial charge in [-0.3, -0.25) is 5.32 Å². The summed E-state index contributed by atoms with van der Waals surface area (Å²) in [5.74, 6) is 0.832. The summed E-state index contributed by atoms with van der Waals surface area (Å²) < 4.78 is 6.56. The van der Waals surface area contributed by atoms with Crippen molar-refractivity contribution in [2.75, 3.05) is 33.3 Å². The Morgan fingerprint density at radius 1 is 0.786 bits per heavy atom. The van der Waals surface area contributed by atoms with E-state index < -0.39 is 0 Å². The minimum absolute atomic E-state index is 0.0601. The number of unbranched alkanes of at least 4 members (excludes halogenated alkanes) is 14. The Balaban J connectivity index is 2.25. The average Bonchev–Trinajstić information content (AvgIpc) is 3.40. The highest BCUT2D eigenvalue weighted by atomic mass is 16.5. The van der Waals surface area contributed by atoms with Crippen LogP contribution in [0.4, 0.5) is 0 Å². The summed E-state index contributed by atoms with van der Waals surface area (Å²) in [6.45, 7) is 17.8. The van der Waals surface area contributed by atoms with Crippen molar-refractivity contribution in [1.82, 2.24) is 15.5 Å². The maximum absolute atomic E-state index is 6.56. The molecule has 42 heavy (non-hydrogen) atoms. The van der Waals surface area contributed by atoms with Crippen LogP contribution in [0.25, 0.3) is 0 Å². The highest BCUT2D eigenvalue weighted by Gasteiger charge is 2.38. The van der Waals surface area contributed by atoms with E-state index in [2.05, 4.69) is 56.9 Å². The zero-order valence-corrected chi connectivity index (χ0v) is 29.5. The van der Waals surface area contributed by atoms with Crippen molar-refractivity contribution in [3.63, 3.8) is 0 Å². The molecule has 0 aromatic heterocycles. The SMILES string of the molecule is C=C(CC(CCCCC)CCCCC)NCCCCCCCCC1(CCCCCCCC)NC(CCN(C)CC)CO1. The first-order valence-electron chi connectivity index (χ1n) is 19.0. The molecule has 0 bridgehead atoms. The minimum atomic E-state index is -0.0601. The summed E-state index contributed by atoms with van der Waals surface area (Å²) in [6, 6.07) is 0.518. The Labute approximate surface area is 265 Å². The summed E-state index contributed by atoms with van der Waals surface area (Å²) in [6.07, 6.45) is 31.8. The fourth-order valence-electron chi connectivity index (χ4n) is 6.65. The van der Waals surface area contributed by atoms with Crippen molar-refractivity contribution < 1.29 is 4.74 Å². The molecule has 0 aliphatic carbocycles. The Kier molecular flexibility index (Phi) is 25.2. The van der Waals surface area contributed by atoms with Gasteiger partial charge in [-0.1, -0.05) is 143 Å². The van der Waals surface area contributed by atoms with E-state index in [1.165, 1.54) is 160 Å². The summed E-state index contributed by atoms with van der Waals surface area (Å²) in [4.78, 5) is 2.42. The largest absolute Gasteiger partial charge is 0.389 e. The van der Waals surface area contributed by atoms with Crippen molar-refractivity contribution in [3.05, 3.63) is 12.3 Å². The third-order valence-electron chi connectivity index (χ3n) is 9.71. The molecule has 1 fully saturated rings. The van der Waals surface area contributed by atoms with Gasteiger partial charge in [0.15, 0.2) is 0 Å². The van der Waals surface area contributed by atoms with E-state index in [4.69, 9.17) is 4.74 Å². The van der Waals surface area contributed by atoms with E-state index in [1.54, 1.807) is 0 Å². The van der Waals surface area contributed by atoms with Crippen molar-refractivity contribution in [2.45, 2.75) is 194 Å². The predicted octanol–water partition coefficient (Wildman–Crippen LogP) is 10.8. The lowest BCUT2D eigenvalue weighted by atomic mass is 9.91. The molecule has 0 aromatic rings. The zero-order chi connectivity index (χ0) is 30.7. The van der Waals surface area contributed by atoms with Crippen molar-refractivity contribution >= 4 is 0 Å². The second kappa shape index (κ2) is 26.8. The van der Waals surface area contributed by atoms with Gasteiger partial charge in [-0.25, -0.2) is 0 Å². The van der Waals surface area contributed by atoms with Gasteiger partial charge in [0.2, 0.25) is 0 Å². The number of nitrogens with zero attached hydrogens (tertiary/aromatic N) is 1. The van der Waals surface area contributed by atoms with E-state index in [0.717, 1.165) is 32.2 Å². The number of hydrogen-bond donors (Lipinski definition) is 2. The molecule has 2 atom stereocenters. The minimum Gasteiger partial charge on any atom is -0.389 e. The molecule has 4 nitrogen and oxygen atoms in total. The second-order valence-corrected chi connectivity index (χ2v) is 13.8. The fourth-order valence-corrected chi connectivity index (χ4v) is 6.65. The molecule has 0 amide bonds. The summed E-state index contributed by atoms with van der Waals surface area (Å²) in [5.41, 5.74) is 1.22. The van der Waals surface area contributed by atoms with Gasteiger partial charge in [0.25, 0.3) is 0 Å². The molecule has 1 heterocycles. The first-order valence-corrected chi connectivity index (χ1v) is 19.0. The van der Waals surface area contributed by atoms with Crippen molar-refractivity contribution in [1.29, 1.82) is 0 Å². The third kappa shape index (κ3) is 20.4. The predicted molar refractivity (Wildman–Crippen MR) is 187 cm³/mol. The smallest absolute Gasteiger partial charge is 0.119 e. The molecule has 2 unspecified atom stereocenters. The number of allylic oxidation sites excluding steroid dienone is 1. The Hall–Kier alpha value is -0.580. The van der Waals surface area contributed by atoms with Gasteiger partial charge in [0.05, 0.1) is 6.61 Å². The molecule has 250 valence electrons. The number of hydrogen-bond acceptors (Lipinski definition) is 4. The Bertz CT molecular complexity index is 601. The highest BCUT2D eigenvalue weighted by molar-refractivity contribution is 4.93. The maximum Gasteiger partial charge on any atom is 0.119 e. The molecule has 2 N–H and O–H groups in total. The van der Waals surface area contributed by atoms with Crippen LogP contribution in [-0.2, 0) is 4.74 Å². The van der Waals surface area contributed by atoms with E-state index in [9.17, 15) is 0 Å². The molecule has 1 aliphatic rings. The molecule has 4 heteroatoms. The first kappa shape index (κ1) is 39.4. The molecule has 0 spiro atoms. The van der Waals surface area contributed by atoms with E-state index in [0.29, 0.717) is 6.04 Å². The first-order chi connectivity index (χ1) is 20.5. The van der Waals surface area contributed by atoms with Crippen LogP contribution < -0.4 is 10.6 Å².